The van der Waals surface area contributed by atoms with Crippen LogP contribution in [0.15, 0.2) is 48.5 Å². The van der Waals surface area contributed by atoms with Crippen molar-refractivity contribution in [1.29, 1.82) is 0 Å². The molecule has 2 aliphatic rings. The van der Waals surface area contributed by atoms with Gasteiger partial charge in [-0.2, -0.15) is 0 Å². The van der Waals surface area contributed by atoms with Crippen LogP contribution in [0.25, 0.3) is 0 Å². The van der Waals surface area contributed by atoms with Gasteiger partial charge >= 0.3 is 5.97 Å². The van der Waals surface area contributed by atoms with Gasteiger partial charge in [-0.3, -0.25) is 10.1 Å². The first-order valence-electron chi connectivity index (χ1n) is 10.6. The van der Waals surface area contributed by atoms with Gasteiger partial charge in [-0.1, -0.05) is 30.3 Å². The zero-order valence-corrected chi connectivity index (χ0v) is 17.0. The van der Waals surface area contributed by atoms with E-state index in [1.54, 1.807) is 0 Å². The summed E-state index contributed by atoms with van der Waals surface area (Å²) in [7, 11) is 0. The highest BCUT2D eigenvalue weighted by atomic mass is 16.6. The molecular formula is C23H27N3O4. The maximum absolute atomic E-state index is 12.5. The highest BCUT2D eigenvalue weighted by Crippen LogP contribution is 2.34. The first-order valence-corrected chi connectivity index (χ1v) is 10.6. The molecule has 0 spiro atoms. The Morgan fingerprint density at radius 3 is 2.53 bits per heavy atom. The molecule has 0 N–H and O–H groups in total. The average molecular weight is 409 g/mol. The molecule has 4 rings (SSSR count). The van der Waals surface area contributed by atoms with Gasteiger partial charge in [0.25, 0.3) is 5.69 Å². The van der Waals surface area contributed by atoms with Gasteiger partial charge in [0.1, 0.15) is 12.2 Å². The van der Waals surface area contributed by atoms with Gasteiger partial charge in [-0.05, 0) is 56.5 Å². The fourth-order valence-corrected chi connectivity index (χ4v) is 3.99. The Bertz CT molecular complexity index is 893. The topological polar surface area (TPSA) is 75.9 Å². The molecule has 1 saturated carbocycles. The highest BCUT2D eigenvalue weighted by Gasteiger charge is 2.31. The molecule has 30 heavy (non-hydrogen) atoms. The third-order valence-electron chi connectivity index (χ3n) is 5.79. The summed E-state index contributed by atoms with van der Waals surface area (Å²) in [5.74, 6) is -0.674. The molecule has 0 amide bonds. The van der Waals surface area contributed by atoms with Crippen LogP contribution in [0.1, 0.15) is 41.6 Å². The van der Waals surface area contributed by atoms with Crippen molar-refractivity contribution < 1.29 is 14.5 Å². The van der Waals surface area contributed by atoms with E-state index in [1.165, 1.54) is 25.0 Å². The van der Waals surface area contributed by atoms with Crippen molar-refractivity contribution in [1.82, 2.24) is 4.90 Å². The summed E-state index contributed by atoms with van der Waals surface area (Å²) in [6.45, 7) is 4.16. The normalized spacial score (nSPS) is 16.4. The number of rotatable bonds is 9. The minimum atomic E-state index is -0.674. The van der Waals surface area contributed by atoms with Crippen molar-refractivity contribution in [3.8, 4) is 0 Å². The molecule has 2 aromatic carbocycles. The standard InChI is InChI=1S/C23H27N3O4/c27-23(30-17-18-6-2-1-3-7-18)21-11-10-20(16-22(21)26(28)29)25(19-8-9-19)15-14-24-12-4-5-13-24/h1-3,6-7,10-11,16,19H,4-5,8-9,12-15,17H2. The summed E-state index contributed by atoms with van der Waals surface area (Å²) in [6.07, 6.45) is 4.70. The molecule has 2 aromatic rings. The molecule has 1 aliphatic heterocycles. The monoisotopic (exact) mass is 409 g/mol. The van der Waals surface area contributed by atoms with Gasteiger partial charge in [-0.15, -0.1) is 0 Å². The van der Waals surface area contributed by atoms with Crippen molar-refractivity contribution in [3.63, 3.8) is 0 Å². The molecule has 0 radical (unpaired) electrons. The van der Waals surface area contributed by atoms with Crippen LogP contribution in [-0.2, 0) is 11.3 Å². The summed E-state index contributed by atoms with van der Waals surface area (Å²) >= 11 is 0. The van der Waals surface area contributed by atoms with Crippen LogP contribution in [0.4, 0.5) is 11.4 Å². The van der Waals surface area contributed by atoms with Crippen LogP contribution in [0, 0.1) is 10.1 Å². The number of nitro groups is 1. The summed E-state index contributed by atoms with van der Waals surface area (Å²) < 4.78 is 5.32. The van der Waals surface area contributed by atoms with Crippen molar-refractivity contribution in [2.24, 2.45) is 0 Å². The van der Waals surface area contributed by atoms with Crippen molar-refractivity contribution in [2.75, 3.05) is 31.1 Å². The lowest BCUT2D eigenvalue weighted by molar-refractivity contribution is -0.385. The van der Waals surface area contributed by atoms with Crippen LogP contribution in [0.2, 0.25) is 0 Å². The van der Waals surface area contributed by atoms with E-state index >= 15 is 0 Å². The van der Waals surface area contributed by atoms with Gasteiger partial charge in [0.05, 0.1) is 4.92 Å². The van der Waals surface area contributed by atoms with E-state index in [4.69, 9.17) is 4.74 Å². The minimum absolute atomic E-state index is 0.00466. The molecule has 0 bridgehead atoms. The zero-order valence-electron chi connectivity index (χ0n) is 17.0. The number of carbonyl (C=O) groups excluding carboxylic acids is 1. The second kappa shape index (κ2) is 9.26. The number of benzene rings is 2. The van der Waals surface area contributed by atoms with Crippen molar-refractivity contribution >= 4 is 17.3 Å². The number of hydrogen-bond acceptors (Lipinski definition) is 6. The third kappa shape index (κ3) is 4.97. The maximum Gasteiger partial charge on any atom is 0.345 e. The first-order chi connectivity index (χ1) is 14.6. The molecular weight excluding hydrogens is 382 g/mol. The molecule has 1 aliphatic carbocycles. The Balaban J connectivity index is 1.48. The van der Waals surface area contributed by atoms with E-state index < -0.39 is 10.9 Å². The van der Waals surface area contributed by atoms with E-state index in [0.29, 0.717) is 6.04 Å². The SMILES string of the molecule is O=C(OCc1ccccc1)c1ccc(N(CCN2CCCC2)C2CC2)cc1[N+](=O)[O-]. The van der Waals surface area contributed by atoms with E-state index in [0.717, 1.165) is 50.3 Å². The van der Waals surface area contributed by atoms with E-state index in [9.17, 15) is 14.9 Å². The quantitative estimate of drug-likeness (QED) is 0.354. The Morgan fingerprint density at radius 1 is 1.13 bits per heavy atom. The van der Waals surface area contributed by atoms with Gasteiger partial charge in [0.15, 0.2) is 0 Å². The van der Waals surface area contributed by atoms with Crippen LogP contribution < -0.4 is 4.90 Å². The summed E-state index contributed by atoms with van der Waals surface area (Å²) in [4.78, 5) is 28.4. The molecule has 0 aromatic heterocycles. The van der Waals surface area contributed by atoms with Gasteiger partial charge in [0.2, 0.25) is 0 Å². The molecule has 0 atom stereocenters. The summed E-state index contributed by atoms with van der Waals surface area (Å²) in [5.41, 5.74) is 1.45. The van der Waals surface area contributed by atoms with Gasteiger partial charge < -0.3 is 14.5 Å². The number of ether oxygens (including phenoxy) is 1. The van der Waals surface area contributed by atoms with Crippen LogP contribution >= 0.6 is 0 Å². The van der Waals surface area contributed by atoms with Crippen LogP contribution in [0.5, 0.6) is 0 Å². The predicted octanol–water partition coefficient (Wildman–Crippen LogP) is 4.02. The van der Waals surface area contributed by atoms with Gasteiger partial charge in [0, 0.05) is 30.9 Å². The zero-order chi connectivity index (χ0) is 20.9. The first kappa shape index (κ1) is 20.3. The Hall–Kier alpha value is -2.93. The van der Waals surface area contributed by atoms with E-state index in [2.05, 4.69) is 9.80 Å². The molecule has 7 nitrogen and oxygen atoms in total. The largest absolute Gasteiger partial charge is 0.457 e. The summed E-state index contributed by atoms with van der Waals surface area (Å²) in [6, 6.07) is 14.6. The maximum atomic E-state index is 12.5. The van der Waals surface area contributed by atoms with Crippen molar-refractivity contribution in [3.05, 3.63) is 69.8 Å². The number of anilines is 1. The second-order valence-electron chi connectivity index (χ2n) is 7.99. The fourth-order valence-electron chi connectivity index (χ4n) is 3.99. The summed E-state index contributed by atoms with van der Waals surface area (Å²) in [5, 5.41) is 11.7. The number of hydrogen-bond donors (Lipinski definition) is 0. The average Bonchev–Trinajstić information content (AvgIpc) is 3.47. The van der Waals surface area contributed by atoms with E-state index in [1.807, 2.05) is 36.4 Å². The smallest absolute Gasteiger partial charge is 0.345 e. The van der Waals surface area contributed by atoms with E-state index in [-0.39, 0.29) is 17.9 Å². The molecule has 2 fully saturated rings. The highest BCUT2D eigenvalue weighted by molar-refractivity contribution is 5.94. The van der Waals surface area contributed by atoms with Gasteiger partial charge in [-0.25, -0.2) is 4.79 Å². The Morgan fingerprint density at radius 2 is 1.87 bits per heavy atom. The van der Waals surface area contributed by atoms with Crippen molar-refractivity contribution in [2.45, 2.75) is 38.3 Å². The molecule has 7 heteroatoms. The Labute approximate surface area is 176 Å². The third-order valence-corrected chi connectivity index (χ3v) is 5.79. The lowest BCUT2D eigenvalue weighted by Crippen LogP contribution is -2.35. The van der Waals surface area contributed by atoms with Crippen LogP contribution in [0.3, 0.4) is 0 Å². The molecule has 0 unspecified atom stereocenters. The molecule has 1 heterocycles. The molecule has 1 saturated heterocycles. The minimum Gasteiger partial charge on any atom is -0.457 e. The molecule has 158 valence electrons. The number of nitro benzene ring substituents is 1. The number of likely N-dealkylation sites (tertiary alicyclic amines) is 1. The number of nitrogens with zero attached hydrogens (tertiary/aromatic N) is 3. The lowest BCUT2D eigenvalue weighted by Gasteiger charge is -2.27. The lowest BCUT2D eigenvalue weighted by atomic mass is 10.1. The van der Waals surface area contributed by atoms with Crippen LogP contribution in [-0.4, -0.2) is 48.0 Å². The number of esters is 1. The second-order valence-corrected chi connectivity index (χ2v) is 7.99. The number of carbonyl (C=O) groups is 1. The fraction of sp³-hybridized carbons (Fsp3) is 0.435. The Kier molecular flexibility index (Phi) is 6.28. The predicted molar refractivity (Wildman–Crippen MR) is 115 cm³/mol.